The fourth-order valence-corrected chi connectivity index (χ4v) is 6.81. The van der Waals surface area contributed by atoms with Gasteiger partial charge in [0.2, 0.25) is 0 Å². The molecule has 1 heterocycles. The van der Waals surface area contributed by atoms with Crippen LogP contribution >= 0.6 is 0 Å². The van der Waals surface area contributed by atoms with Crippen molar-refractivity contribution in [1.82, 2.24) is 0 Å². The Balaban J connectivity index is 1.21. The normalized spacial score (nSPS) is 18.1. The first-order valence-corrected chi connectivity index (χ1v) is 15.1. The van der Waals surface area contributed by atoms with Crippen LogP contribution in [0.2, 0.25) is 0 Å². The van der Waals surface area contributed by atoms with Crippen molar-refractivity contribution in [2.24, 2.45) is 11.8 Å². The molecule has 3 aromatic carbocycles. The van der Waals surface area contributed by atoms with Crippen LogP contribution in [-0.4, -0.2) is 33.6 Å². The largest absolute Gasteiger partial charge is 0.489 e. The Morgan fingerprint density at radius 1 is 0.825 bits per heavy atom. The van der Waals surface area contributed by atoms with E-state index >= 15 is 0 Å². The number of hydrogen-bond acceptors (Lipinski definition) is 4. The zero-order valence-electron chi connectivity index (χ0n) is 24.1. The van der Waals surface area contributed by atoms with Crippen molar-refractivity contribution >= 4 is 11.3 Å². The second kappa shape index (κ2) is 12.6. The highest BCUT2D eigenvalue weighted by Crippen LogP contribution is 2.43. The molecule has 0 unspecified atom stereocenters. The van der Waals surface area contributed by atoms with Gasteiger partial charge in [-0.25, -0.2) is 0 Å². The predicted molar refractivity (Wildman–Crippen MR) is 163 cm³/mol. The summed E-state index contributed by atoms with van der Waals surface area (Å²) in [6.07, 6.45) is 9.75. The summed E-state index contributed by atoms with van der Waals surface area (Å²) in [5, 5.41) is 0. The summed E-state index contributed by atoms with van der Waals surface area (Å²) in [4.78, 5) is 2.51. The SMILES string of the molecule is COC(OC)C1CCN(c2ccc(C3=C(CC4CCC4)CCc4cc(OCc5ccccc5)ccc43)cc2)CC1. The fraction of sp³-hybridized carbons (Fsp3) is 0.444. The minimum atomic E-state index is -0.0961. The smallest absolute Gasteiger partial charge is 0.159 e. The topological polar surface area (TPSA) is 30.9 Å². The van der Waals surface area contributed by atoms with Crippen molar-refractivity contribution in [3.8, 4) is 5.75 Å². The molecule has 0 radical (unpaired) electrons. The summed E-state index contributed by atoms with van der Waals surface area (Å²) in [6, 6.07) is 26.6. The van der Waals surface area contributed by atoms with Crippen LogP contribution in [-0.2, 0) is 22.5 Å². The maximum atomic E-state index is 6.20. The van der Waals surface area contributed by atoms with Gasteiger partial charge in [-0.2, -0.15) is 0 Å². The quantitative estimate of drug-likeness (QED) is 0.245. The van der Waals surface area contributed by atoms with Gasteiger partial charge in [0.25, 0.3) is 0 Å². The monoisotopic (exact) mass is 537 g/mol. The van der Waals surface area contributed by atoms with Gasteiger partial charge >= 0.3 is 0 Å². The lowest BCUT2D eigenvalue weighted by molar-refractivity contribution is -0.141. The van der Waals surface area contributed by atoms with E-state index in [0.29, 0.717) is 12.5 Å². The summed E-state index contributed by atoms with van der Waals surface area (Å²) >= 11 is 0. The van der Waals surface area contributed by atoms with Crippen molar-refractivity contribution in [1.29, 1.82) is 0 Å². The molecule has 0 N–H and O–H groups in total. The molecule has 1 aliphatic heterocycles. The van der Waals surface area contributed by atoms with E-state index < -0.39 is 0 Å². The van der Waals surface area contributed by atoms with Crippen LogP contribution in [0.15, 0.2) is 78.4 Å². The molecule has 2 fully saturated rings. The van der Waals surface area contributed by atoms with Gasteiger partial charge in [-0.05, 0) is 90.1 Å². The van der Waals surface area contributed by atoms with Crippen molar-refractivity contribution in [2.45, 2.75) is 64.3 Å². The van der Waals surface area contributed by atoms with Gasteiger partial charge in [0.1, 0.15) is 12.4 Å². The maximum absolute atomic E-state index is 6.20. The van der Waals surface area contributed by atoms with Gasteiger partial charge in [-0.3, -0.25) is 0 Å². The van der Waals surface area contributed by atoms with Crippen LogP contribution in [0.1, 0.15) is 67.2 Å². The highest BCUT2D eigenvalue weighted by molar-refractivity contribution is 5.85. The number of nitrogens with zero attached hydrogens (tertiary/aromatic N) is 1. The molecule has 0 aromatic heterocycles. The molecule has 3 aromatic rings. The van der Waals surface area contributed by atoms with E-state index in [0.717, 1.165) is 50.4 Å². The van der Waals surface area contributed by atoms with Crippen LogP contribution < -0.4 is 9.64 Å². The summed E-state index contributed by atoms with van der Waals surface area (Å²) in [5.41, 5.74) is 9.79. The molecule has 1 saturated heterocycles. The van der Waals surface area contributed by atoms with Crippen molar-refractivity contribution < 1.29 is 14.2 Å². The maximum Gasteiger partial charge on any atom is 0.159 e. The third-order valence-corrected chi connectivity index (χ3v) is 9.31. The number of fused-ring (bicyclic) bond motifs is 1. The highest BCUT2D eigenvalue weighted by atomic mass is 16.7. The van der Waals surface area contributed by atoms with Crippen LogP contribution in [0.25, 0.3) is 5.57 Å². The first kappa shape index (κ1) is 27.1. The van der Waals surface area contributed by atoms with Crippen LogP contribution in [0.3, 0.4) is 0 Å². The number of piperidine rings is 1. The number of benzene rings is 3. The molecule has 4 heteroatoms. The number of rotatable bonds is 10. The number of aryl methyl sites for hydroxylation is 1. The number of anilines is 1. The molecule has 0 bridgehead atoms. The van der Waals surface area contributed by atoms with Crippen molar-refractivity contribution in [3.63, 3.8) is 0 Å². The molecule has 3 aliphatic rings. The number of hydrogen-bond donors (Lipinski definition) is 0. The second-order valence-corrected chi connectivity index (χ2v) is 11.8. The Morgan fingerprint density at radius 3 is 2.25 bits per heavy atom. The van der Waals surface area contributed by atoms with Crippen LogP contribution in [0.5, 0.6) is 5.75 Å². The molecule has 6 rings (SSSR count). The van der Waals surface area contributed by atoms with Crippen molar-refractivity contribution in [3.05, 3.63) is 101 Å². The average molecular weight is 538 g/mol. The Kier molecular flexibility index (Phi) is 8.55. The predicted octanol–water partition coefficient (Wildman–Crippen LogP) is 8.04. The summed E-state index contributed by atoms with van der Waals surface area (Å²) in [5.74, 6) is 2.29. The van der Waals surface area contributed by atoms with Crippen LogP contribution in [0, 0.1) is 11.8 Å². The standard InChI is InChI=1S/C36H43NO3/c1-38-36(39-2)29-19-21-37(22-20-29)32-15-13-28(14-16-32)35-31(23-26-9-6-10-26)12-11-30-24-33(17-18-34(30)35)40-25-27-7-4-3-5-8-27/h3-5,7-8,13-18,24,26,29,36H,6,9-12,19-23,25H2,1-2H3. The minimum Gasteiger partial charge on any atom is -0.489 e. The third kappa shape index (κ3) is 5.99. The Morgan fingerprint density at radius 2 is 1.57 bits per heavy atom. The number of methoxy groups -OCH3 is 2. The van der Waals surface area contributed by atoms with Gasteiger partial charge in [0, 0.05) is 38.9 Å². The van der Waals surface area contributed by atoms with E-state index in [2.05, 4.69) is 71.6 Å². The minimum absolute atomic E-state index is 0.0961. The first-order chi connectivity index (χ1) is 19.7. The van der Waals surface area contributed by atoms with Gasteiger partial charge in [0.15, 0.2) is 6.29 Å². The van der Waals surface area contributed by atoms with Gasteiger partial charge in [0.05, 0.1) is 0 Å². The van der Waals surface area contributed by atoms with E-state index in [1.165, 1.54) is 59.2 Å². The van der Waals surface area contributed by atoms with Gasteiger partial charge < -0.3 is 19.1 Å². The molecule has 0 amide bonds. The molecular weight excluding hydrogens is 494 g/mol. The number of allylic oxidation sites excluding steroid dienone is 1. The molecule has 0 spiro atoms. The first-order valence-electron chi connectivity index (χ1n) is 15.1. The van der Waals surface area contributed by atoms with E-state index in [1.54, 1.807) is 19.8 Å². The molecule has 210 valence electrons. The summed E-state index contributed by atoms with van der Waals surface area (Å²) in [7, 11) is 3.49. The lowest BCUT2D eigenvalue weighted by atomic mass is 9.74. The van der Waals surface area contributed by atoms with E-state index in [4.69, 9.17) is 14.2 Å². The third-order valence-electron chi connectivity index (χ3n) is 9.31. The zero-order valence-corrected chi connectivity index (χ0v) is 24.1. The molecule has 1 saturated carbocycles. The average Bonchev–Trinajstić information content (AvgIpc) is 2.99. The Hall–Kier alpha value is -3.08. The van der Waals surface area contributed by atoms with Gasteiger partial charge in [-0.1, -0.05) is 73.4 Å². The fourth-order valence-electron chi connectivity index (χ4n) is 6.81. The Bertz CT molecular complexity index is 1280. The van der Waals surface area contributed by atoms with E-state index in [-0.39, 0.29) is 6.29 Å². The molecule has 2 aliphatic carbocycles. The summed E-state index contributed by atoms with van der Waals surface area (Å²) in [6.45, 7) is 2.68. The molecule has 0 atom stereocenters. The van der Waals surface area contributed by atoms with Gasteiger partial charge in [-0.15, -0.1) is 0 Å². The number of ether oxygens (including phenoxy) is 3. The molecule has 40 heavy (non-hydrogen) atoms. The van der Waals surface area contributed by atoms with E-state index in [1.807, 2.05) is 6.07 Å². The lowest BCUT2D eigenvalue weighted by Crippen LogP contribution is -2.39. The van der Waals surface area contributed by atoms with E-state index in [9.17, 15) is 0 Å². The molecular formula is C36H43NO3. The zero-order chi connectivity index (χ0) is 27.3. The van der Waals surface area contributed by atoms with Crippen molar-refractivity contribution in [2.75, 3.05) is 32.2 Å². The van der Waals surface area contributed by atoms with Crippen LogP contribution in [0.4, 0.5) is 5.69 Å². The Labute approximate surface area is 240 Å². The highest BCUT2D eigenvalue weighted by Gasteiger charge is 2.28. The molecule has 4 nitrogen and oxygen atoms in total. The lowest BCUT2D eigenvalue weighted by Gasteiger charge is -2.36. The second-order valence-electron chi connectivity index (χ2n) is 11.8. The summed E-state index contributed by atoms with van der Waals surface area (Å²) < 4.78 is 17.3.